The average Bonchev–Trinajstić information content (AvgIpc) is 3.31. The van der Waals surface area contributed by atoms with Gasteiger partial charge in [0.05, 0.1) is 6.26 Å². The first-order valence-corrected chi connectivity index (χ1v) is 8.72. The molecule has 25 heavy (non-hydrogen) atoms. The molecule has 124 valence electrons. The highest BCUT2D eigenvalue weighted by molar-refractivity contribution is 7.98. The van der Waals surface area contributed by atoms with E-state index in [9.17, 15) is 4.39 Å². The van der Waals surface area contributed by atoms with Crippen molar-refractivity contribution in [2.75, 3.05) is 0 Å². The number of hydrogen-bond acceptors (Lipinski definition) is 4. The van der Waals surface area contributed by atoms with E-state index in [1.165, 1.54) is 12.1 Å². The topological polar surface area (TPSA) is 43.9 Å². The van der Waals surface area contributed by atoms with Gasteiger partial charge in [0.15, 0.2) is 10.9 Å². The Morgan fingerprint density at radius 2 is 1.72 bits per heavy atom. The van der Waals surface area contributed by atoms with E-state index in [4.69, 9.17) is 4.42 Å². The van der Waals surface area contributed by atoms with Gasteiger partial charge in [-0.15, -0.1) is 10.2 Å². The van der Waals surface area contributed by atoms with E-state index in [1.807, 2.05) is 47.0 Å². The molecule has 6 heteroatoms. The number of hydrogen-bond donors (Lipinski definition) is 0. The molecule has 0 fully saturated rings. The summed E-state index contributed by atoms with van der Waals surface area (Å²) < 4.78 is 20.5. The Kier molecular flexibility index (Phi) is 4.35. The van der Waals surface area contributed by atoms with Crippen molar-refractivity contribution < 1.29 is 8.81 Å². The van der Waals surface area contributed by atoms with Gasteiger partial charge in [0.1, 0.15) is 5.82 Å². The summed E-state index contributed by atoms with van der Waals surface area (Å²) in [6, 6.07) is 20.1. The Labute approximate surface area is 148 Å². The van der Waals surface area contributed by atoms with Crippen molar-refractivity contribution in [3.8, 4) is 17.3 Å². The van der Waals surface area contributed by atoms with Gasteiger partial charge in [0.25, 0.3) is 0 Å². The number of benzene rings is 2. The predicted octanol–water partition coefficient (Wildman–Crippen LogP) is 4.96. The Balaban J connectivity index is 1.69. The lowest BCUT2D eigenvalue weighted by atomic mass is 10.2. The second kappa shape index (κ2) is 6.94. The zero-order valence-corrected chi connectivity index (χ0v) is 14.0. The van der Waals surface area contributed by atoms with E-state index in [0.29, 0.717) is 17.3 Å². The van der Waals surface area contributed by atoms with Gasteiger partial charge < -0.3 is 4.42 Å². The maximum Gasteiger partial charge on any atom is 0.205 e. The quantitative estimate of drug-likeness (QED) is 0.477. The summed E-state index contributed by atoms with van der Waals surface area (Å²) in [4.78, 5) is 0. The summed E-state index contributed by atoms with van der Waals surface area (Å²) in [5, 5.41) is 9.37. The van der Waals surface area contributed by atoms with Crippen LogP contribution in [0.1, 0.15) is 5.56 Å². The van der Waals surface area contributed by atoms with Gasteiger partial charge in [-0.2, -0.15) is 0 Å². The van der Waals surface area contributed by atoms with Crippen molar-refractivity contribution in [1.82, 2.24) is 14.8 Å². The molecule has 0 saturated carbocycles. The van der Waals surface area contributed by atoms with E-state index in [1.54, 1.807) is 30.2 Å². The lowest BCUT2D eigenvalue weighted by Crippen LogP contribution is -1.99. The van der Waals surface area contributed by atoms with Crippen molar-refractivity contribution in [3.05, 3.63) is 84.4 Å². The molecular weight excluding hydrogens is 337 g/mol. The highest BCUT2D eigenvalue weighted by Crippen LogP contribution is 2.29. The number of furan rings is 1. The molecule has 2 aromatic heterocycles. The molecule has 0 radical (unpaired) electrons. The molecular formula is C19H14FN3OS. The van der Waals surface area contributed by atoms with Gasteiger partial charge in [0.2, 0.25) is 5.82 Å². The Morgan fingerprint density at radius 1 is 0.920 bits per heavy atom. The van der Waals surface area contributed by atoms with Gasteiger partial charge in [-0.3, -0.25) is 4.57 Å². The minimum absolute atomic E-state index is 0.235. The number of nitrogens with zero attached hydrogens (tertiary/aromatic N) is 3. The summed E-state index contributed by atoms with van der Waals surface area (Å²) in [6.07, 6.45) is 1.62. The third-order valence-electron chi connectivity index (χ3n) is 3.67. The van der Waals surface area contributed by atoms with Crippen LogP contribution in [0, 0.1) is 5.82 Å². The van der Waals surface area contributed by atoms with Crippen LogP contribution in [0.4, 0.5) is 4.39 Å². The molecule has 0 unspecified atom stereocenters. The molecule has 4 rings (SSSR count). The van der Waals surface area contributed by atoms with E-state index in [2.05, 4.69) is 10.2 Å². The lowest BCUT2D eigenvalue weighted by Gasteiger charge is -2.09. The summed E-state index contributed by atoms with van der Waals surface area (Å²) >= 11 is 1.54. The standard InChI is InChI=1S/C19H14FN3OS/c20-15-10-8-14(9-11-15)13-25-19-22-21-18(17-7-4-12-24-17)23(19)16-5-2-1-3-6-16/h1-12H,13H2. The minimum atomic E-state index is -0.235. The molecule has 0 aliphatic rings. The highest BCUT2D eigenvalue weighted by atomic mass is 32.2. The Morgan fingerprint density at radius 3 is 2.44 bits per heavy atom. The van der Waals surface area contributed by atoms with Crippen LogP contribution in [-0.4, -0.2) is 14.8 Å². The van der Waals surface area contributed by atoms with Crippen molar-refractivity contribution in [1.29, 1.82) is 0 Å². The molecule has 4 nitrogen and oxygen atoms in total. The maximum atomic E-state index is 13.1. The first kappa shape index (κ1) is 15.7. The van der Waals surface area contributed by atoms with Gasteiger partial charge in [-0.1, -0.05) is 42.1 Å². The third-order valence-corrected chi connectivity index (χ3v) is 4.67. The first-order valence-electron chi connectivity index (χ1n) is 7.73. The zero-order chi connectivity index (χ0) is 17.1. The second-order valence-electron chi connectivity index (χ2n) is 5.37. The van der Waals surface area contributed by atoms with Crippen LogP contribution in [0.5, 0.6) is 0 Å². The first-order chi connectivity index (χ1) is 12.3. The SMILES string of the molecule is Fc1ccc(CSc2nnc(-c3ccco3)n2-c2ccccc2)cc1. The van der Waals surface area contributed by atoms with Crippen LogP contribution in [0.25, 0.3) is 17.3 Å². The van der Waals surface area contributed by atoms with Crippen LogP contribution in [-0.2, 0) is 5.75 Å². The fourth-order valence-corrected chi connectivity index (χ4v) is 3.37. The molecule has 0 aliphatic carbocycles. The lowest BCUT2D eigenvalue weighted by molar-refractivity contribution is 0.575. The third kappa shape index (κ3) is 3.34. The second-order valence-corrected chi connectivity index (χ2v) is 6.31. The van der Waals surface area contributed by atoms with Gasteiger partial charge in [-0.05, 0) is 42.0 Å². The summed E-state index contributed by atoms with van der Waals surface area (Å²) in [5.74, 6) is 1.74. The maximum absolute atomic E-state index is 13.1. The summed E-state index contributed by atoms with van der Waals surface area (Å²) in [7, 11) is 0. The molecule has 0 amide bonds. The van der Waals surface area contributed by atoms with E-state index in [-0.39, 0.29) is 5.82 Å². The number of rotatable bonds is 5. The van der Waals surface area contributed by atoms with Crippen LogP contribution in [0.2, 0.25) is 0 Å². The number of para-hydroxylation sites is 1. The molecule has 2 heterocycles. The van der Waals surface area contributed by atoms with E-state index < -0.39 is 0 Å². The Hall–Kier alpha value is -2.86. The van der Waals surface area contributed by atoms with Crippen molar-refractivity contribution in [2.45, 2.75) is 10.9 Å². The largest absolute Gasteiger partial charge is 0.461 e. The molecule has 0 aliphatic heterocycles. The molecule has 0 bridgehead atoms. The van der Waals surface area contributed by atoms with Crippen LogP contribution in [0.15, 0.2) is 82.6 Å². The number of aromatic nitrogens is 3. The van der Waals surface area contributed by atoms with Crippen molar-refractivity contribution >= 4 is 11.8 Å². The Bertz CT molecular complexity index is 950. The predicted molar refractivity (Wildman–Crippen MR) is 95.0 cm³/mol. The molecule has 0 spiro atoms. The van der Waals surface area contributed by atoms with E-state index in [0.717, 1.165) is 16.4 Å². The molecule has 2 aromatic carbocycles. The smallest absolute Gasteiger partial charge is 0.205 e. The van der Waals surface area contributed by atoms with Gasteiger partial charge in [0, 0.05) is 11.4 Å². The van der Waals surface area contributed by atoms with Crippen LogP contribution < -0.4 is 0 Å². The molecule has 4 aromatic rings. The number of halogens is 1. The van der Waals surface area contributed by atoms with Crippen molar-refractivity contribution in [3.63, 3.8) is 0 Å². The molecule has 0 N–H and O–H groups in total. The van der Waals surface area contributed by atoms with Crippen LogP contribution >= 0.6 is 11.8 Å². The van der Waals surface area contributed by atoms with Crippen molar-refractivity contribution in [2.24, 2.45) is 0 Å². The average molecular weight is 351 g/mol. The van der Waals surface area contributed by atoms with Gasteiger partial charge >= 0.3 is 0 Å². The summed E-state index contributed by atoms with van der Waals surface area (Å²) in [5.41, 5.74) is 1.98. The number of thioether (sulfide) groups is 1. The fourth-order valence-electron chi connectivity index (χ4n) is 2.47. The minimum Gasteiger partial charge on any atom is -0.461 e. The molecule has 0 atom stereocenters. The highest BCUT2D eigenvalue weighted by Gasteiger charge is 2.17. The summed E-state index contributed by atoms with van der Waals surface area (Å²) in [6.45, 7) is 0. The van der Waals surface area contributed by atoms with Crippen LogP contribution in [0.3, 0.4) is 0 Å². The normalized spacial score (nSPS) is 10.9. The fraction of sp³-hybridized carbons (Fsp3) is 0.0526. The van der Waals surface area contributed by atoms with Gasteiger partial charge in [-0.25, -0.2) is 4.39 Å². The molecule has 0 saturated heterocycles. The zero-order valence-electron chi connectivity index (χ0n) is 13.2. The monoisotopic (exact) mass is 351 g/mol. The van der Waals surface area contributed by atoms with E-state index >= 15 is 0 Å².